The number of methoxy groups -OCH3 is 2. The minimum absolute atomic E-state index is 0.0265. The van der Waals surface area contributed by atoms with E-state index in [9.17, 15) is 24.5 Å². The monoisotopic (exact) mass is 518 g/mol. The topological polar surface area (TPSA) is 141 Å². The van der Waals surface area contributed by atoms with Crippen LogP contribution in [0.5, 0.6) is 0 Å². The Bertz CT molecular complexity index is 1340. The van der Waals surface area contributed by atoms with E-state index in [-0.39, 0.29) is 34.1 Å². The fraction of sp³-hybridized carbons (Fsp3) is 0.259. The summed E-state index contributed by atoms with van der Waals surface area (Å²) in [4.78, 5) is 54.9. The van der Waals surface area contributed by atoms with Crippen molar-refractivity contribution >= 4 is 34.9 Å². The highest BCUT2D eigenvalue weighted by atomic mass is 16.6. The summed E-state index contributed by atoms with van der Waals surface area (Å²) in [5.74, 6) is -2.08. The average Bonchev–Trinajstić information content (AvgIpc) is 2.96. The smallest absolute Gasteiger partial charge is 0.337 e. The first kappa shape index (κ1) is 26.3. The number of hydrogen-bond donors (Lipinski definition) is 1. The Kier molecular flexibility index (Phi) is 7.95. The van der Waals surface area contributed by atoms with Gasteiger partial charge in [0, 0.05) is 36.3 Å². The first-order chi connectivity index (χ1) is 18.3. The molecule has 196 valence electrons. The summed E-state index contributed by atoms with van der Waals surface area (Å²) in [5.41, 5.74) is 1.40. The van der Waals surface area contributed by atoms with E-state index < -0.39 is 22.8 Å². The van der Waals surface area contributed by atoms with Gasteiger partial charge in [-0.25, -0.2) is 9.59 Å². The van der Waals surface area contributed by atoms with Gasteiger partial charge >= 0.3 is 11.9 Å². The summed E-state index contributed by atoms with van der Waals surface area (Å²) < 4.78 is 9.43. The fourth-order valence-corrected chi connectivity index (χ4v) is 4.57. The quantitative estimate of drug-likeness (QED) is 0.271. The lowest BCUT2D eigenvalue weighted by Gasteiger charge is -2.37. The molecule has 4 rings (SSSR count). The molecule has 0 saturated carbocycles. The predicted octanol–water partition coefficient (Wildman–Crippen LogP) is 4.55. The molecule has 1 amide bonds. The van der Waals surface area contributed by atoms with E-state index in [1.54, 1.807) is 18.5 Å². The first-order valence-electron chi connectivity index (χ1n) is 11.9. The molecule has 38 heavy (non-hydrogen) atoms. The summed E-state index contributed by atoms with van der Waals surface area (Å²) >= 11 is 0. The number of nitrogens with zero attached hydrogens (tertiary/aromatic N) is 3. The zero-order valence-electron chi connectivity index (χ0n) is 20.9. The van der Waals surface area contributed by atoms with Crippen LogP contribution in [0.15, 0.2) is 60.9 Å². The lowest BCUT2D eigenvalue weighted by atomic mass is 9.95. The van der Waals surface area contributed by atoms with Gasteiger partial charge in [-0.05, 0) is 61.2 Å². The van der Waals surface area contributed by atoms with Crippen LogP contribution in [0, 0.1) is 10.1 Å². The van der Waals surface area contributed by atoms with Gasteiger partial charge in [-0.1, -0.05) is 6.07 Å². The minimum Gasteiger partial charge on any atom is -0.465 e. The molecule has 1 atom stereocenters. The van der Waals surface area contributed by atoms with E-state index in [4.69, 9.17) is 9.47 Å². The van der Waals surface area contributed by atoms with E-state index in [2.05, 4.69) is 10.3 Å². The largest absolute Gasteiger partial charge is 0.465 e. The second-order valence-electron chi connectivity index (χ2n) is 8.69. The van der Waals surface area contributed by atoms with Crippen LogP contribution in [0.4, 0.5) is 17.1 Å². The zero-order valence-corrected chi connectivity index (χ0v) is 20.9. The molecule has 2 aromatic carbocycles. The van der Waals surface area contributed by atoms with Crippen LogP contribution in [0.25, 0.3) is 0 Å². The highest BCUT2D eigenvalue weighted by Crippen LogP contribution is 2.39. The maximum Gasteiger partial charge on any atom is 0.337 e. The molecule has 0 aliphatic carbocycles. The summed E-state index contributed by atoms with van der Waals surface area (Å²) in [6, 6.07) is 12.0. The number of aromatic nitrogens is 1. The fourth-order valence-electron chi connectivity index (χ4n) is 4.57. The molecular weight excluding hydrogens is 492 g/mol. The Morgan fingerprint density at radius 3 is 2.32 bits per heavy atom. The molecule has 1 fully saturated rings. The van der Waals surface area contributed by atoms with Crippen LogP contribution in [-0.4, -0.2) is 48.5 Å². The van der Waals surface area contributed by atoms with E-state index >= 15 is 0 Å². The Morgan fingerprint density at radius 1 is 1.00 bits per heavy atom. The van der Waals surface area contributed by atoms with E-state index in [1.165, 1.54) is 44.6 Å². The highest BCUT2D eigenvalue weighted by molar-refractivity contribution is 6.06. The number of carbonyl (C=O) groups excluding carboxylic acids is 3. The molecule has 1 aliphatic rings. The third kappa shape index (κ3) is 5.61. The molecule has 11 nitrogen and oxygen atoms in total. The van der Waals surface area contributed by atoms with Crippen LogP contribution in [0.3, 0.4) is 0 Å². The second kappa shape index (κ2) is 11.5. The maximum absolute atomic E-state index is 13.1. The number of esters is 2. The molecule has 1 aromatic heterocycles. The van der Waals surface area contributed by atoms with Crippen molar-refractivity contribution in [3.05, 3.63) is 93.3 Å². The number of ether oxygens (including phenoxy) is 2. The van der Waals surface area contributed by atoms with Crippen molar-refractivity contribution in [1.29, 1.82) is 0 Å². The zero-order chi connectivity index (χ0) is 27.2. The Balaban J connectivity index is 1.66. The minimum atomic E-state index is -0.712. The number of pyridine rings is 1. The highest BCUT2D eigenvalue weighted by Gasteiger charge is 2.30. The van der Waals surface area contributed by atoms with Gasteiger partial charge in [-0.2, -0.15) is 0 Å². The summed E-state index contributed by atoms with van der Waals surface area (Å²) in [6.45, 7) is 0.628. The van der Waals surface area contributed by atoms with E-state index in [0.29, 0.717) is 12.2 Å². The van der Waals surface area contributed by atoms with Crippen molar-refractivity contribution in [2.75, 3.05) is 31.0 Å². The number of nitrogens with one attached hydrogen (secondary N) is 1. The van der Waals surface area contributed by atoms with Crippen molar-refractivity contribution in [2.24, 2.45) is 0 Å². The van der Waals surface area contributed by atoms with Gasteiger partial charge in [-0.3, -0.25) is 19.9 Å². The summed E-state index contributed by atoms with van der Waals surface area (Å²) in [6.07, 6.45) is 6.14. The van der Waals surface area contributed by atoms with Gasteiger partial charge in [0.2, 0.25) is 0 Å². The SMILES string of the molecule is COC(=O)c1cc(NC(=O)c2ccc(N3CCCCC3c3cccnc3)c([N+](=O)[O-])c2)cc(C(=O)OC)c1. The molecule has 3 aromatic rings. The number of hydrogen-bond acceptors (Lipinski definition) is 9. The molecule has 0 spiro atoms. The molecule has 1 saturated heterocycles. The van der Waals surface area contributed by atoms with Crippen molar-refractivity contribution in [3.63, 3.8) is 0 Å². The number of rotatable bonds is 7. The molecule has 2 heterocycles. The van der Waals surface area contributed by atoms with Gasteiger partial charge in [0.1, 0.15) is 5.69 Å². The summed E-state index contributed by atoms with van der Waals surface area (Å²) in [5, 5.41) is 14.7. The third-order valence-corrected chi connectivity index (χ3v) is 6.35. The lowest BCUT2D eigenvalue weighted by Crippen LogP contribution is -2.34. The van der Waals surface area contributed by atoms with Crippen LogP contribution in [-0.2, 0) is 9.47 Å². The second-order valence-corrected chi connectivity index (χ2v) is 8.69. The number of carbonyl (C=O) groups is 3. The Labute approximate surface area is 218 Å². The Morgan fingerprint density at radius 2 is 1.71 bits per heavy atom. The average molecular weight is 519 g/mol. The Hall–Kier alpha value is -4.80. The van der Waals surface area contributed by atoms with Gasteiger partial charge in [0.25, 0.3) is 11.6 Å². The van der Waals surface area contributed by atoms with E-state index in [0.717, 1.165) is 24.8 Å². The van der Waals surface area contributed by atoms with Crippen molar-refractivity contribution in [2.45, 2.75) is 25.3 Å². The lowest BCUT2D eigenvalue weighted by molar-refractivity contribution is -0.384. The van der Waals surface area contributed by atoms with Crippen LogP contribution in [0.1, 0.15) is 61.9 Å². The van der Waals surface area contributed by atoms with E-state index in [1.807, 2.05) is 17.0 Å². The predicted molar refractivity (Wildman–Crippen MR) is 138 cm³/mol. The molecule has 1 unspecified atom stereocenters. The molecule has 0 radical (unpaired) electrons. The van der Waals surface area contributed by atoms with Gasteiger partial charge in [0.15, 0.2) is 0 Å². The number of nitro benzene ring substituents is 1. The number of piperidine rings is 1. The number of amides is 1. The van der Waals surface area contributed by atoms with Gasteiger partial charge in [0.05, 0.1) is 36.3 Å². The van der Waals surface area contributed by atoms with Crippen LogP contribution >= 0.6 is 0 Å². The molecule has 1 aliphatic heterocycles. The molecule has 1 N–H and O–H groups in total. The molecule has 11 heteroatoms. The van der Waals surface area contributed by atoms with Gasteiger partial charge < -0.3 is 19.7 Å². The molecular formula is C27H26N4O7. The number of nitro groups is 1. The maximum atomic E-state index is 13.1. The number of anilines is 2. The van der Waals surface area contributed by atoms with Crippen molar-refractivity contribution in [1.82, 2.24) is 4.98 Å². The van der Waals surface area contributed by atoms with Crippen LogP contribution in [0.2, 0.25) is 0 Å². The summed E-state index contributed by atoms with van der Waals surface area (Å²) in [7, 11) is 2.38. The number of benzene rings is 2. The third-order valence-electron chi connectivity index (χ3n) is 6.35. The standard InChI is InChI=1S/C27H26N4O7/c1-37-26(33)19-12-20(27(34)38-2)14-21(13-19)29-25(32)17-8-9-23(24(15-17)31(35)36)30-11-4-3-7-22(30)18-6-5-10-28-16-18/h5-6,8-10,12-16,22H,3-4,7,11H2,1-2H3,(H,29,32). The molecule has 0 bridgehead atoms. The normalized spacial score (nSPS) is 14.9. The van der Waals surface area contributed by atoms with Gasteiger partial charge in [-0.15, -0.1) is 0 Å². The first-order valence-corrected chi connectivity index (χ1v) is 11.9. The van der Waals surface area contributed by atoms with Crippen molar-refractivity contribution in [3.8, 4) is 0 Å². The van der Waals surface area contributed by atoms with Crippen molar-refractivity contribution < 1.29 is 28.8 Å². The van der Waals surface area contributed by atoms with Crippen LogP contribution < -0.4 is 10.2 Å².